The molecule has 4 rings (SSSR count). The molecule has 0 radical (unpaired) electrons. The van der Waals surface area contributed by atoms with Crippen molar-refractivity contribution in [1.29, 1.82) is 0 Å². The molecule has 0 saturated carbocycles. The number of hydrogen-bond donors (Lipinski definition) is 0. The average Bonchev–Trinajstić information content (AvgIpc) is 3.07. The largest absolute Gasteiger partial charge is 0.510 e. The first kappa shape index (κ1) is 37.1. The normalized spacial score (nSPS) is 12.4. The quantitative estimate of drug-likeness (QED) is 0.0938. The Labute approximate surface area is 291 Å². The van der Waals surface area contributed by atoms with Gasteiger partial charge in [-0.15, -0.1) is 0 Å². The molecule has 0 amide bonds. The Morgan fingerprint density at radius 1 is 0.417 bits per heavy atom. The molecule has 254 valence electrons. The number of carbonyl (C=O) groups is 2. The molecule has 0 aromatic heterocycles. The summed E-state index contributed by atoms with van der Waals surface area (Å²) >= 11 is 0. The van der Waals surface area contributed by atoms with E-state index in [1.807, 2.05) is 72.8 Å². The van der Waals surface area contributed by atoms with Gasteiger partial charge < -0.3 is 8.85 Å². The van der Waals surface area contributed by atoms with E-state index >= 15 is 0 Å². The second kappa shape index (κ2) is 16.6. The van der Waals surface area contributed by atoms with Crippen molar-refractivity contribution in [3.05, 3.63) is 121 Å². The number of rotatable bonds is 15. The molecule has 0 aliphatic rings. The zero-order chi connectivity index (χ0) is 34.7. The molecule has 0 unspecified atom stereocenters. The Bertz CT molecular complexity index is 1360. The minimum Gasteiger partial charge on any atom is -0.510 e. The van der Waals surface area contributed by atoms with Crippen molar-refractivity contribution in [2.45, 2.75) is 103 Å². The van der Waals surface area contributed by atoms with Gasteiger partial charge in [-0.3, -0.25) is 9.59 Å². The van der Waals surface area contributed by atoms with Crippen molar-refractivity contribution >= 4 is 49.3 Å². The second-order valence-corrected chi connectivity index (χ2v) is 23.3. The van der Waals surface area contributed by atoms with Gasteiger partial charge >= 0.3 is 16.6 Å². The standard InChI is InChI=1S/C42H54O4Si2/c1-41(2,3)47(35-25-15-11-16-26-35,36-27-17-12-18-28-36)45-39(43)33-23-9-7-8-10-24-34-40(44)46-48(42(4,5)6,37-29-19-13-20-30-37)38-31-21-14-22-32-38/h11-22,25-32H,7-10,23-24,33-34H2,1-6H3. The Balaban J connectivity index is 1.28. The van der Waals surface area contributed by atoms with Crippen molar-refractivity contribution in [3.8, 4) is 0 Å². The molecular weight excluding hydrogens is 625 g/mol. The summed E-state index contributed by atoms with van der Waals surface area (Å²) in [7, 11) is -5.75. The van der Waals surface area contributed by atoms with Crippen LogP contribution in [0.5, 0.6) is 0 Å². The van der Waals surface area contributed by atoms with E-state index in [1.165, 1.54) is 0 Å². The molecule has 4 aromatic rings. The molecule has 0 atom stereocenters. The zero-order valence-corrected chi connectivity index (χ0v) is 31.8. The number of hydrogen-bond acceptors (Lipinski definition) is 4. The van der Waals surface area contributed by atoms with Crippen molar-refractivity contribution in [3.63, 3.8) is 0 Å². The average molecular weight is 679 g/mol. The van der Waals surface area contributed by atoms with Crippen LogP contribution in [0.1, 0.15) is 92.9 Å². The van der Waals surface area contributed by atoms with Crippen LogP contribution in [0.25, 0.3) is 0 Å². The van der Waals surface area contributed by atoms with Crippen LogP contribution in [0.4, 0.5) is 0 Å². The molecule has 4 nitrogen and oxygen atoms in total. The predicted molar refractivity (Wildman–Crippen MR) is 204 cm³/mol. The summed E-state index contributed by atoms with van der Waals surface area (Å²) in [6.07, 6.45) is 6.39. The first-order chi connectivity index (χ1) is 22.9. The third-order valence-corrected chi connectivity index (χ3v) is 19.3. The van der Waals surface area contributed by atoms with Crippen LogP contribution in [-0.2, 0) is 18.4 Å². The van der Waals surface area contributed by atoms with Gasteiger partial charge in [-0.25, -0.2) is 0 Å². The maximum Gasteiger partial charge on any atom is 0.323 e. The highest BCUT2D eigenvalue weighted by molar-refractivity contribution is 7.01. The molecule has 6 heteroatoms. The fourth-order valence-corrected chi connectivity index (χ4v) is 15.7. The van der Waals surface area contributed by atoms with Gasteiger partial charge in [0.1, 0.15) is 0 Å². The molecule has 0 heterocycles. The lowest BCUT2D eigenvalue weighted by Gasteiger charge is -2.42. The summed E-state index contributed by atoms with van der Waals surface area (Å²) in [5.41, 5.74) is 0. The van der Waals surface area contributed by atoms with Gasteiger partial charge in [0.2, 0.25) is 0 Å². The fraction of sp³-hybridized carbons (Fsp3) is 0.381. The molecule has 0 aliphatic carbocycles. The van der Waals surface area contributed by atoms with Crippen LogP contribution in [0.15, 0.2) is 121 Å². The van der Waals surface area contributed by atoms with E-state index in [0.717, 1.165) is 59.3 Å². The molecule has 48 heavy (non-hydrogen) atoms. The van der Waals surface area contributed by atoms with Crippen LogP contribution in [0.3, 0.4) is 0 Å². The fourth-order valence-electron chi connectivity index (χ4n) is 6.99. The van der Waals surface area contributed by atoms with E-state index in [9.17, 15) is 9.59 Å². The lowest BCUT2D eigenvalue weighted by atomic mass is 10.1. The smallest absolute Gasteiger partial charge is 0.323 e. The highest BCUT2D eigenvalue weighted by Crippen LogP contribution is 2.38. The number of carbonyl (C=O) groups excluding carboxylic acids is 2. The van der Waals surface area contributed by atoms with Crippen LogP contribution in [0.2, 0.25) is 10.1 Å². The molecule has 0 aliphatic heterocycles. The summed E-state index contributed by atoms with van der Waals surface area (Å²) in [6.45, 7) is 13.1. The summed E-state index contributed by atoms with van der Waals surface area (Å²) in [4.78, 5) is 26.8. The zero-order valence-electron chi connectivity index (χ0n) is 29.8. The minimum atomic E-state index is -2.87. The molecule has 0 N–H and O–H groups in total. The van der Waals surface area contributed by atoms with Gasteiger partial charge in [0.25, 0.3) is 11.9 Å². The Morgan fingerprint density at radius 2 is 0.646 bits per heavy atom. The van der Waals surface area contributed by atoms with E-state index in [2.05, 4.69) is 90.1 Å². The monoisotopic (exact) mass is 678 g/mol. The molecule has 4 aromatic carbocycles. The Hall–Kier alpha value is -3.75. The third-order valence-electron chi connectivity index (χ3n) is 9.38. The first-order valence-electron chi connectivity index (χ1n) is 17.6. The Morgan fingerprint density at radius 3 is 0.875 bits per heavy atom. The maximum atomic E-state index is 13.4. The van der Waals surface area contributed by atoms with Gasteiger partial charge in [0.15, 0.2) is 0 Å². The molecular formula is C42H54O4Si2. The maximum absolute atomic E-state index is 13.4. The third kappa shape index (κ3) is 8.64. The number of benzene rings is 4. The minimum absolute atomic E-state index is 0.115. The predicted octanol–water partition coefficient (Wildman–Crippen LogP) is 8.31. The molecule has 0 saturated heterocycles. The van der Waals surface area contributed by atoms with Gasteiger partial charge in [-0.2, -0.15) is 0 Å². The van der Waals surface area contributed by atoms with Crippen molar-refractivity contribution in [2.24, 2.45) is 0 Å². The van der Waals surface area contributed by atoms with Gasteiger partial charge in [-0.1, -0.05) is 189 Å². The van der Waals surface area contributed by atoms with E-state index in [0.29, 0.717) is 12.8 Å². The van der Waals surface area contributed by atoms with Crippen molar-refractivity contribution in [1.82, 2.24) is 0 Å². The topological polar surface area (TPSA) is 52.6 Å². The van der Waals surface area contributed by atoms with E-state index < -0.39 is 16.6 Å². The van der Waals surface area contributed by atoms with Crippen molar-refractivity contribution < 1.29 is 18.4 Å². The first-order valence-corrected chi connectivity index (χ1v) is 21.4. The lowest BCUT2D eigenvalue weighted by molar-refractivity contribution is -0.136. The molecule has 0 fully saturated rings. The highest BCUT2D eigenvalue weighted by atomic mass is 28.4. The van der Waals surface area contributed by atoms with E-state index in [1.54, 1.807) is 0 Å². The number of unbranched alkanes of at least 4 members (excludes halogenated alkanes) is 5. The summed E-state index contributed by atoms with van der Waals surface area (Å²) in [5, 5.41) is 4.00. The summed E-state index contributed by atoms with van der Waals surface area (Å²) < 4.78 is 13.3. The molecule has 0 spiro atoms. The van der Waals surface area contributed by atoms with Gasteiger partial charge in [0, 0.05) is 12.8 Å². The van der Waals surface area contributed by atoms with E-state index in [4.69, 9.17) is 8.85 Å². The summed E-state index contributed by atoms with van der Waals surface area (Å²) in [5.74, 6) is -0.231. The second-order valence-electron chi connectivity index (χ2n) is 14.9. The SMILES string of the molecule is CC(C)(C)[Si](OC(=O)CCCCCCCCC(=O)O[Si](c1ccccc1)(c1ccccc1)C(C)(C)C)(c1ccccc1)c1ccccc1. The van der Waals surface area contributed by atoms with Crippen LogP contribution >= 0.6 is 0 Å². The Kier molecular flexibility index (Phi) is 12.8. The van der Waals surface area contributed by atoms with Crippen LogP contribution in [0, 0.1) is 0 Å². The van der Waals surface area contributed by atoms with Gasteiger partial charge in [-0.05, 0) is 43.7 Å². The highest BCUT2D eigenvalue weighted by Gasteiger charge is 2.54. The lowest BCUT2D eigenvalue weighted by Crippen LogP contribution is -2.67. The van der Waals surface area contributed by atoms with Crippen molar-refractivity contribution in [2.75, 3.05) is 0 Å². The van der Waals surface area contributed by atoms with Crippen LogP contribution in [-0.4, -0.2) is 28.6 Å². The van der Waals surface area contributed by atoms with Gasteiger partial charge in [0.05, 0.1) is 0 Å². The molecule has 0 bridgehead atoms. The van der Waals surface area contributed by atoms with Crippen LogP contribution < -0.4 is 20.7 Å². The van der Waals surface area contributed by atoms with E-state index in [-0.39, 0.29) is 22.0 Å². The summed E-state index contributed by atoms with van der Waals surface area (Å²) in [6, 6.07) is 41.2.